The Hall–Kier alpha value is -3.62. The summed E-state index contributed by atoms with van der Waals surface area (Å²) >= 11 is 0. The third kappa shape index (κ3) is 4.51. The normalized spacial score (nSPS) is 17.5. The van der Waals surface area contributed by atoms with E-state index in [2.05, 4.69) is 34.8 Å². The van der Waals surface area contributed by atoms with Crippen molar-refractivity contribution in [3.8, 4) is 22.5 Å². The summed E-state index contributed by atoms with van der Waals surface area (Å²) in [6.45, 7) is 7.63. The summed E-state index contributed by atoms with van der Waals surface area (Å²) in [6.07, 6.45) is 4.96. The second-order valence-electron chi connectivity index (χ2n) is 11.1. The summed E-state index contributed by atoms with van der Waals surface area (Å²) in [5, 5.41) is 6.50. The number of fused-ring (bicyclic) bond motifs is 2. The van der Waals surface area contributed by atoms with Crippen LogP contribution in [0.3, 0.4) is 0 Å². The van der Waals surface area contributed by atoms with Gasteiger partial charge in [0.15, 0.2) is 0 Å². The van der Waals surface area contributed by atoms with Gasteiger partial charge in [0.25, 0.3) is 0 Å². The molecule has 1 aromatic carbocycles. The Morgan fingerprint density at radius 3 is 2.62 bits per heavy atom. The van der Waals surface area contributed by atoms with Crippen molar-refractivity contribution in [2.45, 2.75) is 77.8 Å². The molecule has 0 spiro atoms. The van der Waals surface area contributed by atoms with Crippen LogP contribution in [0.5, 0.6) is 0 Å². The van der Waals surface area contributed by atoms with Crippen molar-refractivity contribution in [1.29, 1.82) is 0 Å². The van der Waals surface area contributed by atoms with E-state index in [9.17, 15) is 13.6 Å². The van der Waals surface area contributed by atoms with Gasteiger partial charge in [0.2, 0.25) is 11.8 Å². The van der Waals surface area contributed by atoms with Gasteiger partial charge in [-0.25, -0.2) is 13.8 Å². The molecule has 0 atom stereocenters. The minimum absolute atomic E-state index is 0.0147. The maximum atomic E-state index is 14.0. The van der Waals surface area contributed by atoms with Crippen molar-refractivity contribution in [2.75, 3.05) is 6.54 Å². The molecule has 0 saturated heterocycles. The third-order valence-electron chi connectivity index (χ3n) is 8.41. The van der Waals surface area contributed by atoms with Crippen LogP contribution in [0.2, 0.25) is 0 Å². The van der Waals surface area contributed by atoms with Gasteiger partial charge in [-0.1, -0.05) is 19.1 Å². The van der Waals surface area contributed by atoms with E-state index in [4.69, 9.17) is 9.97 Å². The summed E-state index contributed by atoms with van der Waals surface area (Å²) in [6, 6.07) is 6.29. The maximum absolute atomic E-state index is 14.0. The molecule has 0 bridgehead atoms. The first kappa shape index (κ1) is 25.6. The number of carbonyl (C=O) groups is 1. The zero-order valence-electron chi connectivity index (χ0n) is 23.0. The van der Waals surface area contributed by atoms with Crippen LogP contribution in [0, 0.1) is 13.8 Å². The van der Waals surface area contributed by atoms with E-state index in [0.717, 1.165) is 56.1 Å². The third-order valence-corrected chi connectivity index (χ3v) is 8.41. The zero-order valence-corrected chi connectivity index (χ0v) is 23.0. The first-order valence-corrected chi connectivity index (χ1v) is 13.8. The summed E-state index contributed by atoms with van der Waals surface area (Å²) in [5.41, 5.74) is 6.66. The number of carbonyl (C=O) groups excluding carboxylic acids is 1. The van der Waals surface area contributed by atoms with Crippen molar-refractivity contribution in [3.63, 3.8) is 0 Å². The SMILES string of the molecule is CCC(=O)N1CCn2c(C3CCC(F)(F)CC3)nc(-c3c(C)ccc4cc(-c5cn(C)nc5C)ncc34)c2C1. The molecule has 0 unspecified atom stereocenters. The van der Waals surface area contributed by atoms with Crippen LogP contribution in [0.15, 0.2) is 30.6 Å². The Labute approximate surface area is 226 Å². The topological polar surface area (TPSA) is 68.8 Å². The number of halogens is 2. The molecule has 1 amide bonds. The van der Waals surface area contributed by atoms with Gasteiger partial charge in [0.05, 0.1) is 29.3 Å². The first-order valence-electron chi connectivity index (χ1n) is 13.8. The van der Waals surface area contributed by atoms with Crippen molar-refractivity contribution in [2.24, 2.45) is 7.05 Å². The Kier molecular flexibility index (Phi) is 6.27. The minimum Gasteiger partial charge on any atom is -0.335 e. The zero-order chi connectivity index (χ0) is 27.5. The molecule has 1 fully saturated rings. The number of aryl methyl sites for hydroxylation is 3. The number of hydrogen-bond acceptors (Lipinski definition) is 4. The largest absolute Gasteiger partial charge is 0.335 e. The van der Waals surface area contributed by atoms with Gasteiger partial charge in [-0.3, -0.25) is 14.5 Å². The molecule has 0 radical (unpaired) electrons. The summed E-state index contributed by atoms with van der Waals surface area (Å²) < 4.78 is 32.0. The van der Waals surface area contributed by atoms with E-state index in [-0.39, 0.29) is 24.7 Å². The lowest BCUT2D eigenvalue weighted by Gasteiger charge is -2.32. The van der Waals surface area contributed by atoms with Gasteiger partial charge in [-0.15, -0.1) is 0 Å². The molecule has 1 aliphatic carbocycles. The van der Waals surface area contributed by atoms with Gasteiger partial charge in [0, 0.05) is 74.2 Å². The van der Waals surface area contributed by atoms with Crippen LogP contribution in [0.25, 0.3) is 33.3 Å². The molecule has 0 N–H and O–H groups in total. The van der Waals surface area contributed by atoms with Crippen LogP contribution in [0.1, 0.15) is 67.7 Å². The quantitative estimate of drug-likeness (QED) is 0.316. The molecular formula is C30H34F2N6O. The number of nitrogens with zero attached hydrogens (tertiary/aromatic N) is 6. The van der Waals surface area contributed by atoms with E-state index < -0.39 is 5.92 Å². The monoisotopic (exact) mass is 532 g/mol. The number of aromatic nitrogens is 5. The molecular weight excluding hydrogens is 498 g/mol. The molecule has 39 heavy (non-hydrogen) atoms. The van der Waals surface area contributed by atoms with Gasteiger partial charge < -0.3 is 9.47 Å². The number of rotatable bonds is 4. The second kappa shape index (κ2) is 9.54. The maximum Gasteiger partial charge on any atom is 0.248 e. The number of alkyl halides is 2. The molecule has 4 heterocycles. The standard InChI is InChI=1S/C30H34F2N6O/c1-5-26(39)37-12-13-38-25(17-37)28(34-29(38)20-8-10-30(31,32)11-9-20)27-18(2)6-7-21-14-24(33-15-22(21)27)23-16-36(4)35-19(23)3/h6-7,14-16,20H,5,8-13,17H2,1-4H3. The summed E-state index contributed by atoms with van der Waals surface area (Å²) in [4.78, 5) is 24.6. The van der Waals surface area contributed by atoms with Crippen molar-refractivity contribution >= 4 is 16.7 Å². The number of pyridine rings is 1. The predicted octanol–water partition coefficient (Wildman–Crippen LogP) is 6.16. The molecule has 1 saturated carbocycles. The fraction of sp³-hybridized carbons (Fsp3) is 0.467. The van der Waals surface area contributed by atoms with E-state index in [1.807, 2.05) is 38.2 Å². The molecule has 6 rings (SSSR count). The second-order valence-corrected chi connectivity index (χ2v) is 11.1. The molecule has 9 heteroatoms. The highest BCUT2D eigenvalue weighted by atomic mass is 19.3. The molecule has 204 valence electrons. The van der Waals surface area contributed by atoms with Gasteiger partial charge in [-0.2, -0.15) is 5.10 Å². The first-order chi connectivity index (χ1) is 18.6. The molecule has 7 nitrogen and oxygen atoms in total. The highest BCUT2D eigenvalue weighted by Crippen LogP contribution is 2.43. The van der Waals surface area contributed by atoms with Crippen LogP contribution in [0.4, 0.5) is 8.78 Å². The molecule has 3 aromatic heterocycles. The molecule has 4 aromatic rings. The van der Waals surface area contributed by atoms with E-state index in [1.165, 1.54) is 0 Å². The van der Waals surface area contributed by atoms with Crippen LogP contribution in [-0.4, -0.2) is 47.6 Å². The summed E-state index contributed by atoms with van der Waals surface area (Å²) in [7, 11) is 1.90. The van der Waals surface area contributed by atoms with E-state index in [0.29, 0.717) is 38.9 Å². The minimum atomic E-state index is -2.59. The number of imidazole rings is 1. The number of benzene rings is 1. The van der Waals surface area contributed by atoms with E-state index in [1.54, 1.807) is 4.68 Å². The highest BCUT2D eigenvalue weighted by molar-refractivity contribution is 5.99. The van der Waals surface area contributed by atoms with Gasteiger partial charge in [0.1, 0.15) is 5.82 Å². The average molecular weight is 533 g/mol. The van der Waals surface area contributed by atoms with Crippen molar-refractivity contribution in [1.82, 2.24) is 29.2 Å². The predicted molar refractivity (Wildman–Crippen MR) is 147 cm³/mol. The highest BCUT2D eigenvalue weighted by Gasteiger charge is 2.38. The molecule has 1 aliphatic heterocycles. The lowest BCUT2D eigenvalue weighted by Crippen LogP contribution is -2.38. The van der Waals surface area contributed by atoms with Gasteiger partial charge in [-0.05, 0) is 43.7 Å². The fourth-order valence-electron chi connectivity index (χ4n) is 6.28. The Morgan fingerprint density at radius 2 is 1.92 bits per heavy atom. The van der Waals surface area contributed by atoms with Crippen molar-refractivity contribution in [3.05, 3.63) is 53.4 Å². The van der Waals surface area contributed by atoms with Crippen molar-refractivity contribution < 1.29 is 13.6 Å². The Balaban J connectivity index is 1.49. The van der Waals surface area contributed by atoms with Gasteiger partial charge >= 0.3 is 0 Å². The summed E-state index contributed by atoms with van der Waals surface area (Å²) in [5.74, 6) is -1.62. The average Bonchev–Trinajstić information content (AvgIpc) is 3.46. The fourth-order valence-corrected chi connectivity index (χ4v) is 6.28. The Morgan fingerprint density at radius 1 is 1.15 bits per heavy atom. The number of hydrogen-bond donors (Lipinski definition) is 0. The number of amides is 1. The molecule has 2 aliphatic rings. The van der Waals surface area contributed by atoms with Crippen LogP contribution < -0.4 is 0 Å². The lowest BCUT2D eigenvalue weighted by atomic mass is 9.86. The van der Waals surface area contributed by atoms with Crippen LogP contribution in [-0.2, 0) is 24.9 Å². The lowest BCUT2D eigenvalue weighted by molar-refractivity contribution is -0.132. The van der Waals surface area contributed by atoms with E-state index >= 15 is 0 Å². The smallest absolute Gasteiger partial charge is 0.248 e. The Bertz CT molecular complexity index is 1580. The van der Waals surface area contributed by atoms with Crippen LogP contribution >= 0.6 is 0 Å².